The molecule has 0 bridgehead atoms. The summed E-state index contributed by atoms with van der Waals surface area (Å²) in [6.07, 6.45) is 7.68. The number of rotatable bonds is 3. The van der Waals surface area contributed by atoms with Crippen LogP contribution in [-0.2, 0) is 9.53 Å². The van der Waals surface area contributed by atoms with Gasteiger partial charge in [-0.05, 0) is 58.3 Å². The van der Waals surface area contributed by atoms with E-state index in [1.54, 1.807) is 13.8 Å². The zero-order chi connectivity index (χ0) is 14.8. The lowest BCUT2D eigenvalue weighted by Crippen LogP contribution is -2.54. The Morgan fingerprint density at radius 1 is 1.05 bits per heavy atom. The second-order valence-corrected chi connectivity index (χ2v) is 7.23. The Balaban J connectivity index is 1.73. The molecule has 0 spiro atoms. The number of hydrogen-bond donors (Lipinski definition) is 1. The number of nitrogens with zero attached hydrogens (tertiary/aromatic N) is 1. The third kappa shape index (κ3) is 4.19. The van der Waals surface area contributed by atoms with Crippen LogP contribution in [0.3, 0.4) is 0 Å². The van der Waals surface area contributed by atoms with Crippen LogP contribution in [0.4, 0.5) is 0 Å². The molecule has 4 nitrogen and oxygen atoms in total. The normalized spacial score (nSPS) is 29.5. The second-order valence-electron chi connectivity index (χ2n) is 7.23. The molecule has 0 radical (unpaired) electrons. The number of amides is 1. The van der Waals surface area contributed by atoms with Crippen molar-refractivity contribution in [3.8, 4) is 0 Å². The third-order valence-corrected chi connectivity index (χ3v) is 4.63. The lowest BCUT2D eigenvalue weighted by atomic mass is 9.88. The van der Waals surface area contributed by atoms with E-state index in [1.807, 2.05) is 4.90 Å². The van der Waals surface area contributed by atoms with E-state index in [4.69, 9.17) is 10.5 Å². The Kier molecular flexibility index (Phi) is 5.08. The second kappa shape index (κ2) is 6.44. The summed E-state index contributed by atoms with van der Waals surface area (Å²) in [6, 6.07) is 0. The van der Waals surface area contributed by atoms with Gasteiger partial charge in [-0.1, -0.05) is 6.92 Å². The minimum absolute atomic E-state index is 0.0578. The van der Waals surface area contributed by atoms with Gasteiger partial charge in [-0.15, -0.1) is 0 Å². The molecule has 1 saturated carbocycles. The molecule has 0 atom stereocenters. The first-order valence-corrected chi connectivity index (χ1v) is 8.10. The summed E-state index contributed by atoms with van der Waals surface area (Å²) in [5.41, 5.74) is 5.13. The summed E-state index contributed by atoms with van der Waals surface area (Å²) in [6.45, 7) is 7.46. The van der Waals surface area contributed by atoms with Crippen LogP contribution < -0.4 is 5.73 Å². The van der Waals surface area contributed by atoms with Crippen molar-refractivity contribution in [3.63, 3.8) is 0 Å². The van der Waals surface area contributed by atoms with Gasteiger partial charge >= 0.3 is 0 Å². The smallest absolute Gasteiger partial charge is 0.242 e. The van der Waals surface area contributed by atoms with Crippen molar-refractivity contribution < 1.29 is 9.53 Å². The molecule has 0 aromatic heterocycles. The van der Waals surface area contributed by atoms with Crippen LogP contribution in [0.15, 0.2) is 0 Å². The number of ether oxygens (including phenoxy) is 1. The Labute approximate surface area is 123 Å². The van der Waals surface area contributed by atoms with Crippen molar-refractivity contribution in [1.29, 1.82) is 0 Å². The lowest BCUT2D eigenvalue weighted by Gasteiger charge is -2.37. The molecule has 0 aromatic rings. The molecule has 2 fully saturated rings. The van der Waals surface area contributed by atoms with Gasteiger partial charge in [-0.25, -0.2) is 0 Å². The average Bonchev–Trinajstić information content (AvgIpc) is 2.40. The van der Waals surface area contributed by atoms with E-state index in [2.05, 4.69) is 6.92 Å². The minimum Gasteiger partial charge on any atom is -0.375 e. The highest BCUT2D eigenvalue weighted by Crippen LogP contribution is 2.28. The molecule has 1 heterocycles. The van der Waals surface area contributed by atoms with Crippen LogP contribution >= 0.6 is 0 Å². The van der Waals surface area contributed by atoms with Crippen LogP contribution in [0.25, 0.3) is 0 Å². The zero-order valence-electron chi connectivity index (χ0n) is 13.2. The first kappa shape index (κ1) is 15.8. The molecule has 1 aliphatic heterocycles. The van der Waals surface area contributed by atoms with E-state index >= 15 is 0 Å². The summed E-state index contributed by atoms with van der Waals surface area (Å²) in [5, 5.41) is 0. The predicted octanol–water partition coefficient (Wildman–Crippen LogP) is 2.31. The van der Waals surface area contributed by atoms with E-state index < -0.39 is 5.54 Å². The number of piperidine rings is 1. The van der Waals surface area contributed by atoms with Crippen molar-refractivity contribution in [1.82, 2.24) is 4.90 Å². The lowest BCUT2D eigenvalue weighted by molar-refractivity contribution is -0.139. The maximum atomic E-state index is 12.1. The standard InChI is InChI=1S/C16H30N2O2/c1-12-4-6-13(7-5-12)20-14-8-10-18(11-9-14)15(19)16(2,3)17/h12-14H,4-11,17H2,1-3H3. The van der Waals surface area contributed by atoms with Crippen molar-refractivity contribution in [2.45, 2.75) is 77.0 Å². The van der Waals surface area contributed by atoms with Gasteiger partial charge in [0.1, 0.15) is 0 Å². The maximum absolute atomic E-state index is 12.1. The zero-order valence-corrected chi connectivity index (χ0v) is 13.2. The molecule has 4 heteroatoms. The molecule has 0 aromatic carbocycles. The fourth-order valence-corrected chi connectivity index (χ4v) is 3.24. The van der Waals surface area contributed by atoms with Crippen LogP contribution in [0.1, 0.15) is 59.3 Å². The van der Waals surface area contributed by atoms with Crippen LogP contribution in [-0.4, -0.2) is 41.6 Å². The Morgan fingerprint density at radius 2 is 1.55 bits per heavy atom. The fraction of sp³-hybridized carbons (Fsp3) is 0.938. The third-order valence-electron chi connectivity index (χ3n) is 4.63. The van der Waals surface area contributed by atoms with E-state index in [-0.39, 0.29) is 5.91 Å². The monoisotopic (exact) mass is 282 g/mol. The molecule has 20 heavy (non-hydrogen) atoms. The van der Waals surface area contributed by atoms with Crippen molar-refractivity contribution in [2.24, 2.45) is 11.7 Å². The predicted molar refractivity (Wildman–Crippen MR) is 80.4 cm³/mol. The fourth-order valence-electron chi connectivity index (χ4n) is 3.24. The molecule has 2 N–H and O–H groups in total. The highest BCUT2D eigenvalue weighted by molar-refractivity contribution is 5.85. The number of nitrogens with two attached hydrogens (primary N) is 1. The van der Waals surface area contributed by atoms with Gasteiger partial charge in [0, 0.05) is 13.1 Å². The summed E-state index contributed by atoms with van der Waals surface area (Å²) in [5.74, 6) is 0.920. The highest BCUT2D eigenvalue weighted by atomic mass is 16.5. The quantitative estimate of drug-likeness (QED) is 0.864. The molecule has 1 amide bonds. The summed E-state index contributed by atoms with van der Waals surface area (Å²) < 4.78 is 6.23. The highest BCUT2D eigenvalue weighted by Gasteiger charge is 2.32. The molecule has 1 saturated heterocycles. The molecule has 116 valence electrons. The SMILES string of the molecule is CC1CCC(OC2CCN(C(=O)C(C)(C)N)CC2)CC1. The van der Waals surface area contributed by atoms with E-state index in [1.165, 1.54) is 25.7 Å². The Morgan fingerprint density at radius 3 is 2.05 bits per heavy atom. The van der Waals surface area contributed by atoms with Crippen LogP contribution in [0.2, 0.25) is 0 Å². The van der Waals surface area contributed by atoms with E-state index in [9.17, 15) is 4.79 Å². The molecular weight excluding hydrogens is 252 g/mol. The summed E-state index contributed by atoms with van der Waals surface area (Å²) in [7, 11) is 0. The van der Waals surface area contributed by atoms with Crippen molar-refractivity contribution in [3.05, 3.63) is 0 Å². The summed E-state index contributed by atoms with van der Waals surface area (Å²) in [4.78, 5) is 14.0. The number of carbonyl (C=O) groups excluding carboxylic acids is 1. The summed E-state index contributed by atoms with van der Waals surface area (Å²) >= 11 is 0. The van der Waals surface area contributed by atoms with Gasteiger partial charge in [0.25, 0.3) is 0 Å². The van der Waals surface area contributed by atoms with Crippen molar-refractivity contribution >= 4 is 5.91 Å². The van der Waals surface area contributed by atoms with E-state index in [0.29, 0.717) is 12.2 Å². The first-order valence-electron chi connectivity index (χ1n) is 8.10. The Hall–Kier alpha value is -0.610. The molecular formula is C16H30N2O2. The van der Waals surface area contributed by atoms with Gasteiger partial charge in [-0.2, -0.15) is 0 Å². The number of likely N-dealkylation sites (tertiary alicyclic amines) is 1. The van der Waals surface area contributed by atoms with Gasteiger partial charge in [0.05, 0.1) is 17.7 Å². The molecule has 2 aliphatic rings. The van der Waals surface area contributed by atoms with Gasteiger partial charge in [0.2, 0.25) is 5.91 Å². The topological polar surface area (TPSA) is 55.6 Å². The maximum Gasteiger partial charge on any atom is 0.242 e. The van der Waals surface area contributed by atoms with Crippen LogP contribution in [0.5, 0.6) is 0 Å². The minimum atomic E-state index is -0.757. The first-order chi connectivity index (χ1) is 9.36. The van der Waals surface area contributed by atoms with Gasteiger partial charge in [-0.3, -0.25) is 4.79 Å². The van der Waals surface area contributed by atoms with Gasteiger partial charge in [0.15, 0.2) is 0 Å². The number of hydrogen-bond acceptors (Lipinski definition) is 3. The van der Waals surface area contributed by atoms with Crippen molar-refractivity contribution in [2.75, 3.05) is 13.1 Å². The van der Waals surface area contributed by atoms with Crippen LogP contribution in [0, 0.1) is 5.92 Å². The average molecular weight is 282 g/mol. The molecule has 0 unspecified atom stereocenters. The molecule has 1 aliphatic carbocycles. The number of carbonyl (C=O) groups is 1. The largest absolute Gasteiger partial charge is 0.375 e. The van der Waals surface area contributed by atoms with Gasteiger partial charge < -0.3 is 15.4 Å². The molecule has 2 rings (SSSR count). The Bertz CT molecular complexity index is 322. The van der Waals surface area contributed by atoms with E-state index in [0.717, 1.165) is 31.8 Å².